The number of methoxy groups -OCH3 is 1. The summed E-state index contributed by atoms with van der Waals surface area (Å²) in [5.74, 6) is 1.11. The first-order chi connectivity index (χ1) is 9.99. The van der Waals surface area contributed by atoms with Gasteiger partial charge in [-0.2, -0.15) is 0 Å². The third-order valence-electron chi connectivity index (χ3n) is 3.82. The largest absolute Gasteiger partial charge is 0.496 e. The first-order valence-corrected chi connectivity index (χ1v) is 7.67. The van der Waals surface area contributed by atoms with Crippen molar-refractivity contribution in [1.82, 2.24) is 10.2 Å². The van der Waals surface area contributed by atoms with Crippen molar-refractivity contribution in [3.63, 3.8) is 0 Å². The van der Waals surface area contributed by atoms with E-state index in [1.807, 2.05) is 13.1 Å². The minimum atomic E-state index is -0.210. The van der Waals surface area contributed by atoms with Gasteiger partial charge in [-0.25, -0.2) is 4.39 Å². The lowest BCUT2D eigenvalue weighted by atomic mass is 10.0. The lowest BCUT2D eigenvalue weighted by molar-refractivity contribution is 0.288. The fourth-order valence-electron chi connectivity index (χ4n) is 2.41. The third-order valence-corrected chi connectivity index (χ3v) is 3.82. The van der Waals surface area contributed by atoms with E-state index in [0.717, 1.165) is 19.5 Å². The Morgan fingerprint density at radius 3 is 2.48 bits per heavy atom. The van der Waals surface area contributed by atoms with E-state index in [1.54, 1.807) is 13.2 Å². The van der Waals surface area contributed by atoms with Crippen LogP contribution < -0.4 is 10.1 Å². The van der Waals surface area contributed by atoms with Crippen LogP contribution in [0.15, 0.2) is 18.2 Å². The van der Waals surface area contributed by atoms with Gasteiger partial charge < -0.3 is 15.0 Å². The second-order valence-electron chi connectivity index (χ2n) is 5.97. The molecule has 0 aliphatic rings. The van der Waals surface area contributed by atoms with Crippen LogP contribution in [0.25, 0.3) is 0 Å². The normalized spacial score (nSPS) is 13.0. The topological polar surface area (TPSA) is 24.5 Å². The van der Waals surface area contributed by atoms with Crippen molar-refractivity contribution < 1.29 is 9.13 Å². The standard InChI is InChI=1S/C17H29FN2O/c1-13(2)9-11-20(4)12-10-15(19-3)17-14(18)7-6-8-16(17)21-5/h6-8,13,15,19H,9-12H2,1-5H3. The van der Waals surface area contributed by atoms with Crippen molar-refractivity contribution in [2.24, 2.45) is 5.92 Å². The fraction of sp³-hybridized carbons (Fsp3) is 0.647. The van der Waals surface area contributed by atoms with Crippen molar-refractivity contribution in [1.29, 1.82) is 0 Å². The summed E-state index contributed by atoms with van der Waals surface area (Å²) < 4.78 is 19.4. The molecule has 0 saturated carbocycles. The monoisotopic (exact) mass is 296 g/mol. The maximum absolute atomic E-state index is 14.1. The van der Waals surface area contributed by atoms with Gasteiger partial charge >= 0.3 is 0 Å². The molecular formula is C17H29FN2O. The smallest absolute Gasteiger partial charge is 0.131 e. The predicted octanol–water partition coefficient (Wildman–Crippen LogP) is 3.46. The van der Waals surface area contributed by atoms with Crippen molar-refractivity contribution in [2.75, 3.05) is 34.3 Å². The highest BCUT2D eigenvalue weighted by molar-refractivity contribution is 5.37. The van der Waals surface area contributed by atoms with E-state index in [9.17, 15) is 4.39 Å². The second-order valence-corrected chi connectivity index (χ2v) is 5.97. The Labute approximate surface area is 128 Å². The molecule has 0 aliphatic heterocycles. The molecule has 0 saturated heterocycles. The van der Waals surface area contributed by atoms with Crippen LogP contribution in [-0.2, 0) is 0 Å². The summed E-state index contributed by atoms with van der Waals surface area (Å²) in [6, 6.07) is 4.94. The molecule has 0 heterocycles. The van der Waals surface area contributed by atoms with E-state index < -0.39 is 0 Å². The number of nitrogens with zero attached hydrogens (tertiary/aromatic N) is 1. The summed E-state index contributed by atoms with van der Waals surface area (Å²) >= 11 is 0. The molecule has 1 rings (SSSR count). The summed E-state index contributed by atoms with van der Waals surface area (Å²) in [6.45, 7) is 6.46. The van der Waals surface area contributed by atoms with E-state index in [1.165, 1.54) is 12.5 Å². The zero-order valence-corrected chi connectivity index (χ0v) is 13.9. The Morgan fingerprint density at radius 1 is 1.24 bits per heavy atom. The Balaban J connectivity index is 2.67. The van der Waals surface area contributed by atoms with Crippen LogP contribution in [0.2, 0.25) is 0 Å². The highest BCUT2D eigenvalue weighted by Crippen LogP contribution is 2.29. The molecule has 21 heavy (non-hydrogen) atoms. The predicted molar refractivity (Wildman–Crippen MR) is 86.3 cm³/mol. The number of halogens is 1. The quantitative estimate of drug-likeness (QED) is 0.755. The van der Waals surface area contributed by atoms with Crippen molar-refractivity contribution >= 4 is 0 Å². The molecule has 0 spiro atoms. The number of hydrogen-bond acceptors (Lipinski definition) is 3. The average molecular weight is 296 g/mol. The molecule has 1 atom stereocenters. The van der Waals surface area contributed by atoms with Gasteiger partial charge in [-0.05, 0) is 58.1 Å². The molecule has 0 aromatic heterocycles. The van der Waals surface area contributed by atoms with Crippen LogP contribution in [0.5, 0.6) is 5.75 Å². The van der Waals surface area contributed by atoms with Crippen molar-refractivity contribution in [3.8, 4) is 5.75 Å². The van der Waals surface area contributed by atoms with Crippen LogP contribution in [-0.4, -0.2) is 39.2 Å². The molecule has 1 unspecified atom stereocenters. The summed E-state index contributed by atoms with van der Waals surface area (Å²) in [7, 11) is 5.57. The molecule has 120 valence electrons. The molecule has 1 N–H and O–H groups in total. The molecule has 1 aromatic rings. The third kappa shape index (κ3) is 5.64. The molecule has 0 fully saturated rings. The molecular weight excluding hydrogens is 267 g/mol. The first kappa shape index (κ1) is 17.9. The Morgan fingerprint density at radius 2 is 1.90 bits per heavy atom. The summed E-state index contributed by atoms with van der Waals surface area (Å²) in [4.78, 5) is 2.30. The fourth-order valence-corrected chi connectivity index (χ4v) is 2.41. The number of ether oxygens (including phenoxy) is 1. The van der Waals surface area contributed by atoms with Gasteiger partial charge in [-0.15, -0.1) is 0 Å². The van der Waals surface area contributed by atoms with Gasteiger partial charge in [0.2, 0.25) is 0 Å². The van der Waals surface area contributed by atoms with Crippen LogP contribution in [0, 0.1) is 11.7 Å². The molecule has 0 aliphatic carbocycles. The summed E-state index contributed by atoms with van der Waals surface area (Å²) in [5, 5.41) is 3.21. The minimum Gasteiger partial charge on any atom is -0.496 e. The van der Waals surface area contributed by atoms with Gasteiger partial charge in [-0.3, -0.25) is 0 Å². The maximum Gasteiger partial charge on any atom is 0.131 e. The van der Waals surface area contributed by atoms with Crippen LogP contribution >= 0.6 is 0 Å². The van der Waals surface area contributed by atoms with Gasteiger partial charge in [0, 0.05) is 11.6 Å². The number of hydrogen-bond donors (Lipinski definition) is 1. The minimum absolute atomic E-state index is 0.0392. The number of nitrogens with one attached hydrogen (secondary N) is 1. The SMILES string of the molecule is CNC(CCN(C)CCC(C)C)c1c(F)cccc1OC. The molecule has 0 bridgehead atoms. The van der Waals surface area contributed by atoms with Crippen LogP contribution in [0.1, 0.15) is 38.3 Å². The van der Waals surface area contributed by atoms with E-state index in [2.05, 4.69) is 31.1 Å². The van der Waals surface area contributed by atoms with Gasteiger partial charge in [0.15, 0.2) is 0 Å². The van der Waals surface area contributed by atoms with Gasteiger partial charge in [0.05, 0.1) is 7.11 Å². The van der Waals surface area contributed by atoms with Gasteiger partial charge in [-0.1, -0.05) is 19.9 Å². The summed E-state index contributed by atoms with van der Waals surface area (Å²) in [6.07, 6.45) is 2.03. The molecule has 0 amide bonds. The average Bonchev–Trinajstić information content (AvgIpc) is 2.46. The second kappa shape index (κ2) is 9.00. The highest BCUT2D eigenvalue weighted by Gasteiger charge is 2.19. The molecule has 4 heteroatoms. The van der Waals surface area contributed by atoms with Crippen molar-refractivity contribution in [2.45, 2.75) is 32.7 Å². The molecule has 1 aromatic carbocycles. The maximum atomic E-state index is 14.1. The lowest BCUT2D eigenvalue weighted by Crippen LogP contribution is -2.27. The van der Waals surface area contributed by atoms with Gasteiger partial charge in [0.25, 0.3) is 0 Å². The van der Waals surface area contributed by atoms with E-state index in [4.69, 9.17) is 4.74 Å². The Kier molecular flexibility index (Phi) is 7.68. The van der Waals surface area contributed by atoms with E-state index >= 15 is 0 Å². The first-order valence-electron chi connectivity index (χ1n) is 7.67. The molecule has 0 radical (unpaired) electrons. The Bertz CT molecular complexity index is 423. The number of rotatable bonds is 9. The molecule has 3 nitrogen and oxygen atoms in total. The van der Waals surface area contributed by atoms with Crippen molar-refractivity contribution in [3.05, 3.63) is 29.6 Å². The Hall–Kier alpha value is -1.13. The summed E-state index contributed by atoms with van der Waals surface area (Å²) in [5.41, 5.74) is 0.625. The zero-order valence-electron chi connectivity index (χ0n) is 13.9. The number of benzene rings is 1. The van der Waals surface area contributed by atoms with E-state index in [0.29, 0.717) is 17.2 Å². The highest BCUT2D eigenvalue weighted by atomic mass is 19.1. The van der Waals surface area contributed by atoms with E-state index in [-0.39, 0.29) is 11.9 Å². The lowest BCUT2D eigenvalue weighted by Gasteiger charge is -2.24. The van der Waals surface area contributed by atoms with Crippen LogP contribution in [0.3, 0.4) is 0 Å². The van der Waals surface area contributed by atoms with Gasteiger partial charge in [0.1, 0.15) is 11.6 Å². The zero-order chi connectivity index (χ0) is 15.8. The van der Waals surface area contributed by atoms with Crippen LogP contribution in [0.4, 0.5) is 4.39 Å².